The molecule has 0 aliphatic carbocycles. The van der Waals surface area contributed by atoms with E-state index in [9.17, 15) is 4.39 Å². The van der Waals surface area contributed by atoms with Crippen molar-refractivity contribution < 1.29 is 14.2 Å². The van der Waals surface area contributed by atoms with Gasteiger partial charge in [0.2, 0.25) is 5.88 Å². The Morgan fingerprint density at radius 2 is 2.18 bits per heavy atom. The smallest absolute Gasteiger partial charge is 0.224 e. The van der Waals surface area contributed by atoms with Crippen molar-refractivity contribution in [3.63, 3.8) is 0 Å². The van der Waals surface area contributed by atoms with E-state index in [1.54, 1.807) is 24.4 Å². The van der Waals surface area contributed by atoms with E-state index in [0.29, 0.717) is 11.3 Å². The summed E-state index contributed by atoms with van der Waals surface area (Å²) in [5.74, 6) is 0.223. The van der Waals surface area contributed by atoms with Crippen LogP contribution in [-0.2, 0) is 6.61 Å². The molecule has 0 atom stereocenters. The molecule has 0 unspecified atom stereocenters. The first-order valence-corrected chi connectivity index (χ1v) is 5.67. The van der Waals surface area contributed by atoms with E-state index in [0.717, 1.165) is 4.47 Å². The first-order valence-electron chi connectivity index (χ1n) is 4.88. The summed E-state index contributed by atoms with van der Waals surface area (Å²) >= 11 is 3.24. The molecule has 0 bridgehead atoms. The van der Waals surface area contributed by atoms with Crippen molar-refractivity contribution in [2.45, 2.75) is 6.61 Å². The second kappa shape index (κ2) is 5.25. The highest BCUT2D eigenvalue weighted by Gasteiger charge is 2.07. The fourth-order valence-electron chi connectivity index (χ4n) is 1.32. The molecule has 2 aromatic rings. The van der Waals surface area contributed by atoms with E-state index < -0.39 is 0 Å². The maximum absolute atomic E-state index is 13.0. The van der Waals surface area contributed by atoms with E-state index >= 15 is 0 Å². The zero-order valence-corrected chi connectivity index (χ0v) is 10.3. The number of hydrogen-bond acceptors (Lipinski definition) is 3. The van der Waals surface area contributed by atoms with E-state index in [2.05, 4.69) is 20.9 Å². The Kier molecular flexibility index (Phi) is 3.71. The van der Waals surface area contributed by atoms with Crippen molar-refractivity contribution in [1.82, 2.24) is 4.98 Å². The number of aliphatic hydroxyl groups excluding tert-OH is 1. The number of halogens is 2. The van der Waals surface area contributed by atoms with Gasteiger partial charge in [-0.25, -0.2) is 9.37 Å². The molecule has 0 spiro atoms. The van der Waals surface area contributed by atoms with Gasteiger partial charge in [-0.3, -0.25) is 0 Å². The van der Waals surface area contributed by atoms with Gasteiger partial charge in [0.05, 0.1) is 6.61 Å². The van der Waals surface area contributed by atoms with Crippen molar-refractivity contribution in [3.05, 3.63) is 52.4 Å². The quantitative estimate of drug-likeness (QED) is 0.945. The Morgan fingerprint density at radius 3 is 2.88 bits per heavy atom. The second-order valence-electron chi connectivity index (χ2n) is 3.34. The van der Waals surface area contributed by atoms with Crippen molar-refractivity contribution in [3.8, 4) is 11.6 Å². The van der Waals surface area contributed by atoms with Crippen LogP contribution in [0.1, 0.15) is 5.56 Å². The van der Waals surface area contributed by atoms with Gasteiger partial charge in [-0.15, -0.1) is 0 Å². The third-order valence-corrected chi connectivity index (χ3v) is 2.51. The van der Waals surface area contributed by atoms with Crippen molar-refractivity contribution in [2.75, 3.05) is 0 Å². The Hall–Kier alpha value is -1.46. The average molecular weight is 298 g/mol. The van der Waals surface area contributed by atoms with Crippen molar-refractivity contribution in [2.24, 2.45) is 0 Å². The van der Waals surface area contributed by atoms with Crippen LogP contribution in [0.25, 0.3) is 0 Å². The number of aliphatic hydroxyl groups is 1. The molecule has 17 heavy (non-hydrogen) atoms. The van der Waals surface area contributed by atoms with E-state index in [4.69, 9.17) is 9.84 Å². The molecule has 0 saturated carbocycles. The number of hydrogen-bond donors (Lipinski definition) is 1. The van der Waals surface area contributed by atoms with E-state index in [1.807, 2.05) is 0 Å². The first kappa shape index (κ1) is 12.0. The molecule has 0 amide bonds. The molecule has 0 aliphatic heterocycles. The SMILES string of the molecule is OCc1cc(Br)cnc1Oc1cccc(F)c1. The van der Waals surface area contributed by atoms with E-state index in [1.165, 1.54) is 12.1 Å². The van der Waals surface area contributed by atoms with Crippen LogP contribution in [0, 0.1) is 5.82 Å². The van der Waals surface area contributed by atoms with Gasteiger partial charge in [0.25, 0.3) is 0 Å². The molecule has 1 N–H and O–H groups in total. The maximum atomic E-state index is 13.0. The van der Waals surface area contributed by atoms with Crippen LogP contribution in [-0.4, -0.2) is 10.1 Å². The second-order valence-corrected chi connectivity index (χ2v) is 4.25. The van der Waals surface area contributed by atoms with Gasteiger partial charge < -0.3 is 9.84 Å². The number of nitrogens with zero attached hydrogens (tertiary/aromatic N) is 1. The Labute approximate surface area is 106 Å². The number of ether oxygens (including phenoxy) is 1. The summed E-state index contributed by atoms with van der Waals surface area (Å²) in [4.78, 5) is 4.02. The van der Waals surface area contributed by atoms with Crippen LogP contribution in [0.3, 0.4) is 0 Å². The predicted molar refractivity (Wildman–Crippen MR) is 64.3 cm³/mol. The lowest BCUT2D eigenvalue weighted by Gasteiger charge is -2.08. The molecule has 1 heterocycles. The van der Waals surface area contributed by atoms with Gasteiger partial charge in [-0.05, 0) is 34.1 Å². The maximum Gasteiger partial charge on any atom is 0.224 e. The lowest BCUT2D eigenvalue weighted by molar-refractivity contribution is 0.275. The third-order valence-electron chi connectivity index (χ3n) is 2.07. The summed E-state index contributed by atoms with van der Waals surface area (Å²) in [6.45, 7) is -0.197. The van der Waals surface area contributed by atoms with Gasteiger partial charge in [-0.1, -0.05) is 6.07 Å². The van der Waals surface area contributed by atoms with Crippen LogP contribution in [0.5, 0.6) is 11.6 Å². The minimum Gasteiger partial charge on any atom is -0.439 e. The molecule has 0 fully saturated rings. The summed E-state index contributed by atoms with van der Waals surface area (Å²) in [7, 11) is 0. The molecular weight excluding hydrogens is 289 g/mol. The topological polar surface area (TPSA) is 42.4 Å². The molecule has 5 heteroatoms. The van der Waals surface area contributed by atoms with Crippen LogP contribution in [0.4, 0.5) is 4.39 Å². The minimum absolute atomic E-state index is 0.197. The molecule has 0 saturated heterocycles. The largest absolute Gasteiger partial charge is 0.439 e. The highest BCUT2D eigenvalue weighted by molar-refractivity contribution is 9.10. The molecule has 2 rings (SSSR count). The molecule has 0 radical (unpaired) electrons. The minimum atomic E-state index is -0.384. The van der Waals surface area contributed by atoms with Gasteiger partial charge in [0, 0.05) is 22.3 Å². The normalized spacial score (nSPS) is 10.3. The Bertz CT molecular complexity index is 534. The fraction of sp³-hybridized carbons (Fsp3) is 0.0833. The molecule has 3 nitrogen and oxygen atoms in total. The number of pyridine rings is 1. The number of rotatable bonds is 3. The zero-order valence-electron chi connectivity index (χ0n) is 8.73. The predicted octanol–water partition coefficient (Wildman–Crippen LogP) is 3.27. The van der Waals surface area contributed by atoms with E-state index in [-0.39, 0.29) is 18.3 Å². The van der Waals surface area contributed by atoms with Gasteiger partial charge in [0.1, 0.15) is 11.6 Å². The lowest BCUT2D eigenvalue weighted by Crippen LogP contribution is -1.95. The number of aromatic nitrogens is 1. The van der Waals surface area contributed by atoms with Crippen LogP contribution < -0.4 is 4.74 Å². The third kappa shape index (κ3) is 3.01. The standard InChI is InChI=1S/C12H9BrFNO2/c13-9-4-8(7-16)12(15-6-9)17-11-3-1-2-10(14)5-11/h1-6,16H,7H2. The molecule has 0 aliphatic rings. The molecule has 1 aromatic heterocycles. The van der Waals surface area contributed by atoms with Crippen LogP contribution in [0.15, 0.2) is 41.0 Å². The monoisotopic (exact) mass is 297 g/mol. The highest BCUT2D eigenvalue weighted by Crippen LogP contribution is 2.25. The summed E-state index contributed by atoms with van der Waals surface area (Å²) in [6, 6.07) is 7.44. The average Bonchev–Trinajstić information content (AvgIpc) is 2.31. The van der Waals surface area contributed by atoms with Gasteiger partial charge in [-0.2, -0.15) is 0 Å². The highest BCUT2D eigenvalue weighted by atomic mass is 79.9. The van der Waals surface area contributed by atoms with Crippen LogP contribution in [0.2, 0.25) is 0 Å². The zero-order chi connectivity index (χ0) is 12.3. The summed E-state index contributed by atoms with van der Waals surface area (Å²) in [6.07, 6.45) is 1.55. The van der Waals surface area contributed by atoms with Crippen LogP contribution >= 0.6 is 15.9 Å². The van der Waals surface area contributed by atoms with Gasteiger partial charge in [0.15, 0.2) is 0 Å². The molecule has 88 valence electrons. The summed E-state index contributed by atoms with van der Waals surface area (Å²) < 4.78 is 19.1. The first-order chi connectivity index (χ1) is 8.19. The molecule has 1 aromatic carbocycles. The fourth-order valence-corrected chi connectivity index (χ4v) is 1.69. The lowest BCUT2D eigenvalue weighted by atomic mass is 10.3. The van der Waals surface area contributed by atoms with Crippen molar-refractivity contribution in [1.29, 1.82) is 0 Å². The summed E-state index contributed by atoms with van der Waals surface area (Å²) in [5, 5.41) is 9.16. The summed E-state index contributed by atoms with van der Waals surface area (Å²) in [5.41, 5.74) is 0.531. The van der Waals surface area contributed by atoms with Gasteiger partial charge >= 0.3 is 0 Å². The van der Waals surface area contributed by atoms with Crippen molar-refractivity contribution >= 4 is 15.9 Å². The Balaban J connectivity index is 2.29. The Morgan fingerprint density at radius 1 is 1.35 bits per heavy atom. The molecular formula is C12H9BrFNO2. The number of benzene rings is 1.